The molecule has 1 saturated heterocycles. The summed E-state index contributed by atoms with van der Waals surface area (Å²) in [6.45, 7) is 0.563. The van der Waals surface area contributed by atoms with Crippen LogP contribution in [-0.2, 0) is 16.4 Å². The number of rotatable bonds is 3. The van der Waals surface area contributed by atoms with Crippen LogP contribution >= 0.6 is 0 Å². The third-order valence-electron chi connectivity index (χ3n) is 4.05. The molecule has 0 unspecified atom stereocenters. The fraction of sp³-hybridized carbons (Fsp3) is 0.400. The van der Waals surface area contributed by atoms with Crippen molar-refractivity contribution in [2.45, 2.75) is 19.0 Å². The first-order valence-corrected chi connectivity index (χ1v) is 8.71. The van der Waals surface area contributed by atoms with E-state index in [0.29, 0.717) is 23.9 Å². The Labute approximate surface area is 123 Å². The fourth-order valence-electron chi connectivity index (χ4n) is 2.84. The van der Waals surface area contributed by atoms with Gasteiger partial charge in [-0.3, -0.25) is 9.88 Å². The molecule has 0 radical (unpaired) electrons. The number of fused-ring (bicyclic) bond motifs is 1. The van der Waals surface area contributed by atoms with E-state index in [9.17, 15) is 12.8 Å². The largest absolute Gasteiger partial charge is 0.298 e. The number of benzene rings is 1. The summed E-state index contributed by atoms with van der Waals surface area (Å²) in [6, 6.07) is 6.62. The number of pyridine rings is 1. The topological polar surface area (TPSA) is 50.3 Å². The van der Waals surface area contributed by atoms with Crippen molar-refractivity contribution in [3.05, 3.63) is 41.8 Å². The summed E-state index contributed by atoms with van der Waals surface area (Å²) >= 11 is 0. The Hall–Kier alpha value is -1.53. The maximum Gasteiger partial charge on any atom is 0.151 e. The lowest BCUT2D eigenvalue weighted by Gasteiger charge is -2.23. The lowest BCUT2D eigenvalue weighted by atomic mass is 10.1. The second kappa shape index (κ2) is 5.35. The Morgan fingerprint density at radius 1 is 1.38 bits per heavy atom. The van der Waals surface area contributed by atoms with Crippen LogP contribution in [0.25, 0.3) is 10.9 Å². The average molecular weight is 308 g/mol. The number of halogens is 1. The maximum atomic E-state index is 13.8. The third kappa shape index (κ3) is 2.91. The van der Waals surface area contributed by atoms with Crippen molar-refractivity contribution in [1.29, 1.82) is 0 Å². The molecule has 0 saturated carbocycles. The molecule has 2 heterocycles. The van der Waals surface area contributed by atoms with E-state index < -0.39 is 9.84 Å². The molecule has 0 aliphatic carbocycles. The van der Waals surface area contributed by atoms with E-state index in [-0.39, 0.29) is 23.4 Å². The van der Waals surface area contributed by atoms with E-state index >= 15 is 0 Å². The molecule has 4 nitrogen and oxygen atoms in total. The van der Waals surface area contributed by atoms with Crippen LogP contribution in [0.15, 0.2) is 30.5 Å². The van der Waals surface area contributed by atoms with Gasteiger partial charge < -0.3 is 0 Å². The summed E-state index contributed by atoms with van der Waals surface area (Å²) in [6.07, 6.45) is 2.30. The first kappa shape index (κ1) is 14.4. The minimum Gasteiger partial charge on any atom is -0.298 e. The molecule has 0 bridgehead atoms. The van der Waals surface area contributed by atoms with Gasteiger partial charge in [-0.25, -0.2) is 12.8 Å². The quantitative estimate of drug-likeness (QED) is 0.870. The molecule has 6 heteroatoms. The summed E-state index contributed by atoms with van der Waals surface area (Å²) in [5.74, 6) is 0.174. The second-order valence-electron chi connectivity index (χ2n) is 5.58. The monoisotopic (exact) mass is 308 g/mol. The minimum atomic E-state index is -2.90. The van der Waals surface area contributed by atoms with Gasteiger partial charge >= 0.3 is 0 Å². The number of hydrogen-bond donors (Lipinski definition) is 0. The Balaban J connectivity index is 1.87. The van der Waals surface area contributed by atoms with Crippen LogP contribution in [0.4, 0.5) is 4.39 Å². The smallest absolute Gasteiger partial charge is 0.151 e. The molecule has 0 spiro atoms. The van der Waals surface area contributed by atoms with Gasteiger partial charge in [-0.1, -0.05) is 6.07 Å². The molecule has 1 aliphatic heterocycles. The van der Waals surface area contributed by atoms with Crippen molar-refractivity contribution in [2.24, 2.45) is 0 Å². The summed E-state index contributed by atoms with van der Waals surface area (Å²) < 4.78 is 36.9. The zero-order chi connectivity index (χ0) is 15.0. The van der Waals surface area contributed by atoms with E-state index in [1.165, 1.54) is 6.07 Å². The first-order chi connectivity index (χ1) is 9.96. The van der Waals surface area contributed by atoms with Crippen LogP contribution < -0.4 is 0 Å². The molecule has 0 N–H and O–H groups in total. The number of nitrogens with zero attached hydrogens (tertiary/aromatic N) is 2. The van der Waals surface area contributed by atoms with Crippen LogP contribution in [0.3, 0.4) is 0 Å². The Morgan fingerprint density at radius 2 is 2.19 bits per heavy atom. The van der Waals surface area contributed by atoms with E-state index in [4.69, 9.17) is 0 Å². The molecule has 2 aromatic rings. The van der Waals surface area contributed by atoms with E-state index in [1.54, 1.807) is 24.4 Å². The second-order valence-corrected chi connectivity index (χ2v) is 7.81. The van der Waals surface area contributed by atoms with Crippen LogP contribution in [0, 0.1) is 5.82 Å². The summed E-state index contributed by atoms with van der Waals surface area (Å²) in [7, 11) is -0.993. The Morgan fingerprint density at radius 3 is 2.90 bits per heavy atom. The van der Waals surface area contributed by atoms with Gasteiger partial charge in [0.2, 0.25) is 0 Å². The van der Waals surface area contributed by atoms with Gasteiger partial charge in [0.15, 0.2) is 9.84 Å². The first-order valence-electron chi connectivity index (χ1n) is 6.89. The molecule has 21 heavy (non-hydrogen) atoms. The Kier molecular flexibility index (Phi) is 3.67. The zero-order valence-corrected chi connectivity index (χ0v) is 12.6. The normalized spacial score (nSPS) is 21.2. The zero-order valence-electron chi connectivity index (χ0n) is 11.8. The summed E-state index contributed by atoms with van der Waals surface area (Å²) in [5.41, 5.74) is 1.56. The maximum absolute atomic E-state index is 13.8. The van der Waals surface area contributed by atoms with Gasteiger partial charge in [-0.15, -0.1) is 0 Å². The van der Waals surface area contributed by atoms with Crippen LogP contribution in [0.2, 0.25) is 0 Å². The van der Waals surface area contributed by atoms with Crippen molar-refractivity contribution in [3.63, 3.8) is 0 Å². The highest BCUT2D eigenvalue weighted by Crippen LogP contribution is 2.23. The minimum absolute atomic E-state index is 0.0267. The van der Waals surface area contributed by atoms with Gasteiger partial charge in [0.1, 0.15) is 5.82 Å². The van der Waals surface area contributed by atoms with E-state index in [2.05, 4.69) is 4.98 Å². The third-order valence-corrected chi connectivity index (χ3v) is 5.80. The van der Waals surface area contributed by atoms with Crippen molar-refractivity contribution >= 4 is 20.7 Å². The molecule has 1 aromatic carbocycles. The summed E-state index contributed by atoms with van der Waals surface area (Å²) in [5, 5.41) is 0.502. The van der Waals surface area contributed by atoms with Gasteiger partial charge in [0.05, 0.1) is 17.0 Å². The lowest BCUT2D eigenvalue weighted by Crippen LogP contribution is -2.32. The molecular weight excluding hydrogens is 291 g/mol. The SMILES string of the molecule is CN(Cc1ccc(F)c2cccnc12)[C@@H]1CCS(=O)(=O)C1. The van der Waals surface area contributed by atoms with Crippen molar-refractivity contribution in [2.75, 3.05) is 18.6 Å². The average Bonchev–Trinajstić information content (AvgIpc) is 2.83. The predicted octanol–water partition coefficient (Wildman–Crippen LogP) is 1.99. The number of sulfone groups is 1. The lowest BCUT2D eigenvalue weighted by molar-refractivity contribution is 0.254. The van der Waals surface area contributed by atoms with E-state index in [0.717, 1.165) is 5.56 Å². The van der Waals surface area contributed by atoms with Crippen LogP contribution in [-0.4, -0.2) is 42.9 Å². The number of hydrogen-bond acceptors (Lipinski definition) is 4. The highest BCUT2D eigenvalue weighted by Gasteiger charge is 2.30. The van der Waals surface area contributed by atoms with Crippen LogP contribution in [0.5, 0.6) is 0 Å². The van der Waals surface area contributed by atoms with Gasteiger partial charge in [-0.05, 0) is 37.2 Å². The standard InChI is InChI=1S/C15H17FN2O2S/c1-18(12-6-8-21(19,20)10-12)9-11-4-5-14(16)13-3-2-7-17-15(11)13/h2-5,7,12H,6,8-10H2,1H3/t12-/m1/s1. The molecule has 0 amide bonds. The van der Waals surface area contributed by atoms with Gasteiger partial charge in [-0.2, -0.15) is 0 Å². The molecule has 1 aliphatic rings. The van der Waals surface area contributed by atoms with Crippen LogP contribution in [0.1, 0.15) is 12.0 Å². The van der Waals surface area contributed by atoms with E-state index in [1.807, 2.05) is 11.9 Å². The highest BCUT2D eigenvalue weighted by molar-refractivity contribution is 7.91. The molecule has 1 fully saturated rings. The molecular formula is C15H17FN2O2S. The highest BCUT2D eigenvalue weighted by atomic mass is 32.2. The Bertz CT molecular complexity index is 776. The van der Waals surface area contributed by atoms with Crippen molar-refractivity contribution < 1.29 is 12.8 Å². The molecule has 112 valence electrons. The van der Waals surface area contributed by atoms with Crippen molar-refractivity contribution in [1.82, 2.24) is 9.88 Å². The van der Waals surface area contributed by atoms with Gasteiger partial charge in [0.25, 0.3) is 0 Å². The molecule has 1 aromatic heterocycles. The summed E-state index contributed by atoms with van der Waals surface area (Å²) in [4.78, 5) is 6.29. The molecule has 1 atom stereocenters. The molecule has 3 rings (SSSR count). The van der Waals surface area contributed by atoms with Gasteiger partial charge in [0, 0.05) is 24.2 Å². The fourth-order valence-corrected chi connectivity index (χ4v) is 4.65. The number of aromatic nitrogens is 1. The predicted molar refractivity (Wildman–Crippen MR) is 80.2 cm³/mol. The van der Waals surface area contributed by atoms with Crippen molar-refractivity contribution in [3.8, 4) is 0 Å².